The smallest absolute Gasteiger partial charge is 0.239 e. The summed E-state index contributed by atoms with van der Waals surface area (Å²) in [4.78, 5) is 16.0. The average Bonchev–Trinajstić information content (AvgIpc) is 2.70. The molecular weight excluding hydrogens is 350 g/mol. The summed E-state index contributed by atoms with van der Waals surface area (Å²) < 4.78 is 0. The molecule has 1 amide bonds. The summed E-state index contributed by atoms with van der Waals surface area (Å²) in [6.45, 7) is 4.00. The molecule has 0 radical (unpaired) electrons. The van der Waals surface area contributed by atoms with Crippen LogP contribution in [0.3, 0.4) is 0 Å². The van der Waals surface area contributed by atoms with E-state index in [2.05, 4.69) is 0 Å². The molecule has 0 saturated carbocycles. The summed E-state index contributed by atoms with van der Waals surface area (Å²) in [5, 5.41) is 0. The van der Waals surface area contributed by atoms with Gasteiger partial charge in [-0.15, -0.1) is 0 Å². The zero-order valence-electron chi connectivity index (χ0n) is 15.6. The quantitative estimate of drug-likeness (QED) is 0.556. The Morgan fingerprint density at radius 3 is 1.56 bits per heavy atom. The van der Waals surface area contributed by atoms with Gasteiger partial charge in [-0.2, -0.15) is 0 Å². The number of nitrogens with zero attached hydrogens (tertiary/aromatic N) is 1. The molecule has 0 atom stereocenters. The molecule has 2 nitrogen and oxygen atoms in total. The minimum absolute atomic E-state index is 0.00347. The molecule has 0 aliphatic rings. The van der Waals surface area contributed by atoms with E-state index in [-0.39, 0.29) is 11.9 Å². The first-order chi connectivity index (χ1) is 13.1. The first-order valence-corrected chi connectivity index (χ1v) is 9.52. The lowest BCUT2D eigenvalue weighted by atomic mass is 9.89. The van der Waals surface area contributed by atoms with Gasteiger partial charge in [-0.05, 0) is 25.0 Å². The Morgan fingerprint density at radius 2 is 1.15 bits per heavy atom. The lowest BCUT2D eigenvalue weighted by molar-refractivity contribution is -0.129. The highest BCUT2D eigenvalue weighted by Crippen LogP contribution is 2.28. The monoisotopic (exact) mass is 373 g/mol. The van der Waals surface area contributed by atoms with E-state index in [9.17, 15) is 4.79 Å². The van der Waals surface area contributed by atoms with Gasteiger partial charge >= 0.3 is 0 Å². The third kappa shape index (κ3) is 4.32. The largest absolute Gasteiger partial charge is 0.299 e. The zero-order chi connectivity index (χ0) is 19.2. The molecule has 0 fully saturated rings. The first-order valence-electron chi connectivity index (χ1n) is 9.12. The van der Waals surface area contributed by atoms with Crippen molar-refractivity contribution in [1.29, 1.82) is 0 Å². The molecule has 0 heterocycles. The van der Waals surface area contributed by atoms with Gasteiger partial charge in [0, 0.05) is 11.6 Å². The van der Waals surface area contributed by atoms with E-state index in [0.717, 1.165) is 16.7 Å². The third-order valence-corrected chi connectivity index (χ3v) is 4.94. The summed E-state index contributed by atoms with van der Waals surface area (Å²) in [5.41, 5.74) is 2.82. The number of carbonyl (C=O) groups is 1. The highest BCUT2D eigenvalue weighted by Gasteiger charge is 2.31. The number of thiocarbonyl (C=S) groups is 1. The van der Waals surface area contributed by atoms with Crippen LogP contribution in [0, 0.1) is 0 Å². The normalized spacial score (nSPS) is 10.8. The minimum atomic E-state index is -0.392. The summed E-state index contributed by atoms with van der Waals surface area (Å²) >= 11 is 5.72. The Kier molecular flexibility index (Phi) is 6.15. The van der Waals surface area contributed by atoms with Crippen LogP contribution in [0.25, 0.3) is 0 Å². The minimum Gasteiger partial charge on any atom is -0.299 e. The van der Waals surface area contributed by atoms with Crippen LogP contribution in [0.1, 0.15) is 36.5 Å². The van der Waals surface area contributed by atoms with E-state index in [0.29, 0.717) is 4.99 Å². The van der Waals surface area contributed by atoms with E-state index in [1.807, 2.05) is 105 Å². The number of benzene rings is 3. The van der Waals surface area contributed by atoms with Crippen LogP contribution in [0.2, 0.25) is 0 Å². The third-order valence-electron chi connectivity index (χ3n) is 4.51. The summed E-state index contributed by atoms with van der Waals surface area (Å²) in [6, 6.07) is 29.5. The van der Waals surface area contributed by atoms with Crippen molar-refractivity contribution >= 4 is 23.1 Å². The Morgan fingerprint density at radius 1 is 0.741 bits per heavy atom. The van der Waals surface area contributed by atoms with Gasteiger partial charge in [-0.1, -0.05) is 103 Å². The predicted octanol–water partition coefficient (Wildman–Crippen LogP) is 5.43. The van der Waals surface area contributed by atoms with Crippen molar-refractivity contribution in [3.63, 3.8) is 0 Å². The van der Waals surface area contributed by atoms with Crippen LogP contribution >= 0.6 is 12.2 Å². The standard InChI is InChI=1S/C24H23NOS/c1-18(2)25(24(27)21-16-10-5-11-17-21)23(26)22(19-12-6-3-7-13-19)20-14-8-4-9-15-20/h3-18,22H,1-2H3. The topological polar surface area (TPSA) is 20.3 Å². The van der Waals surface area contributed by atoms with E-state index in [1.54, 1.807) is 4.90 Å². The maximum Gasteiger partial charge on any atom is 0.239 e. The second-order valence-electron chi connectivity index (χ2n) is 6.73. The van der Waals surface area contributed by atoms with Crippen molar-refractivity contribution in [2.24, 2.45) is 0 Å². The molecule has 0 unspecified atom stereocenters. The van der Waals surface area contributed by atoms with Crippen LogP contribution in [0.4, 0.5) is 0 Å². The number of carbonyl (C=O) groups excluding carboxylic acids is 1. The maximum atomic E-state index is 13.7. The Hall–Kier alpha value is -2.78. The number of hydrogen-bond acceptors (Lipinski definition) is 2. The average molecular weight is 374 g/mol. The lowest BCUT2D eigenvalue weighted by Crippen LogP contribution is -2.44. The molecule has 0 bridgehead atoms. The molecule has 3 heteroatoms. The molecule has 3 rings (SSSR count). The molecular formula is C24H23NOS. The Bertz CT molecular complexity index is 852. The molecule has 0 saturated heterocycles. The maximum absolute atomic E-state index is 13.7. The van der Waals surface area contributed by atoms with Crippen molar-refractivity contribution in [2.45, 2.75) is 25.8 Å². The van der Waals surface area contributed by atoms with Gasteiger partial charge in [-0.25, -0.2) is 0 Å². The highest BCUT2D eigenvalue weighted by atomic mass is 32.1. The molecule has 136 valence electrons. The van der Waals surface area contributed by atoms with Crippen molar-refractivity contribution in [3.8, 4) is 0 Å². The van der Waals surface area contributed by atoms with Gasteiger partial charge in [0.1, 0.15) is 4.99 Å². The van der Waals surface area contributed by atoms with Crippen LogP contribution in [-0.2, 0) is 4.79 Å². The van der Waals surface area contributed by atoms with Crippen LogP contribution in [-0.4, -0.2) is 21.8 Å². The molecule has 0 aliphatic heterocycles. The summed E-state index contributed by atoms with van der Waals surface area (Å²) in [6.07, 6.45) is 0. The number of rotatable bonds is 5. The highest BCUT2D eigenvalue weighted by molar-refractivity contribution is 7.80. The predicted molar refractivity (Wildman–Crippen MR) is 115 cm³/mol. The van der Waals surface area contributed by atoms with Gasteiger partial charge in [0.2, 0.25) is 5.91 Å². The number of hydrogen-bond donors (Lipinski definition) is 0. The summed E-state index contributed by atoms with van der Waals surface area (Å²) in [7, 11) is 0. The molecule has 0 aliphatic carbocycles. The molecule has 3 aromatic rings. The van der Waals surface area contributed by atoms with Gasteiger partial charge < -0.3 is 0 Å². The fourth-order valence-corrected chi connectivity index (χ4v) is 3.65. The van der Waals surface area contributed by atoms with Gasteiger partial charge in [0.15, 0.2) is 0 Å². The van der Waals surface area contributed by atoms with Crippen LogP contribution < -0.4 is 0 Å². The van der Waals surface area contributed by atoms with Gasteiger partial charge in [-0.3, -0.25) is 9.69 Å². The van der Waals surface area contributed by atoms with Crippen LogP contribution in [0.15, 0.2) is 91.0 Å². The van der Waals surface area contributed by atoms with Gasteiger partial charge in [0.25, 0.3) is 0 Å². The van der Waals surface area contributed by atoms with E-state index >= 15 is 0 Å². The van der Waals surface area contributed by atoms with Crippen molar-refractivity contribution in [1.82, 2.24) is 4.90 Å². The second kappa shape index (κ2) is 8.74. The molecule has 27 heavy (non-hydrogen) atoms. The Labute approximate surface area is 166 Å². The van der Waals surface area contributed by atoms with E-state index < -0.39 is 5.92 Å². The number of amides is 1. The first kappa shape index (κ1) is 19.0. The van der Waals surface area contributed by atoms with Crippen molar-refractivity contribution in [3.05, 3.63) is 108 Å². The SMILES string of the molecule is CC(C)N(C(=O)C(c1ccccc1)c1ccccc1)C(=S)c1ccccc1. The molecule has 3 aromatic carbocycles. The van der Waals surface area contributed by atoms with Crippen molar-refractivity contribution in [2.75, 3.05) is 0 Å². The fraction of sp³-hybridized carbons (Fsp3) is 0.167. The Balaban J connectivity index is 2.04. The van der Waals surface area contributed by atoms with E-state index in [4.69, 9.17) is 12.2 Å². The second-order valence-corrected chi connectivity index (χ2v) is 7.11. The fourth-order valence-electron chi connectivity index (χ4n) is 3.22. The molecule has 0 N–H and O–H groups in total. The van der Waals surface area contributed by atoms with Crippen molar-refractivity contribution < 1.29 is 4.79 Å². The summed E-state index contributed by atoms with van der Waals surface area (Å²) in [5.74, 6) is -0.396. The van der Waals surface area contributed by atoms with Crippen LogP contribution in [0.5, 0.6) is 0 Å². The molecule has 0 aromatic heterocycles. The van der Waals surface area contributed by atoms with Gasteiger partial charge in [0.05, 0.1) is 5.92 Å². The van der Waals surface area contributed by atoms with E-state index in [1.165, 1.54) is 0 Å². The zero-order valence-corrected chi connectivity index (χ0v) is 16.4. The lowest BCUT2D eigenvalue weighted by Gasteiger charge is -2.31. The molecule has 0 spiro atoms.